The summed E-state index contributed by atoms with van der Waals surface area (Å²) in [6.07, 6.45) is 4.61. The maximum atomic E-state index is 12.1. The van der Waals surface area contributed by atoms with Crippen LogP contribution in [0.25, 0.3) is 0 Å². The number of primary amides is 1. The Labute approximate surface area is 144 Å². The van der Waals surface area contributed by atoms with Crippen LogP contribution in [-0.4, -0.2) is 84.6 Å². The van der Waals surface area contributed by atoms with E-state index in [2.05, 4.69) is 4.90 Å². The van der Waals surface area contributed by atoms with E-state index in [1.165, 1.54) is 0 Å². The molecule has 24 heavy (non-hydrogen) atoms. The SMILES string of the molecule is CN(CC(O)CN1[C@@H]2CCC[C@@]1(C(N)=O)CC2)[C@@H]1CCS(=O)(=O)C1. The molecule has 4 atom stereocenters. The zero-order chi connectivity index (χ0) is 17.5. The van der Waals surface area contributed by atoms with E-state index in [1.807, 2.05) is 11.9 Å². The third-order valence-corrected chi connectivity index (χ3v) is 7.96. The molecule has 0 saturated carbocycles. The number of piperidine rings is 1. The van der Waals surface area contributed by atoms with Gasteiger partial charge in [0.1, 0.15) is 5.54 Å². The lowest BCUT2D eigenvalue weighted by atomic mass is 9.87. The smallest absolute Gasteiger partial charge is 0.237 e. The maximum absolute atomic E-state index is 12.1. The number of carbonyl (C=O) groups is 1. The van der Waals surface area contributed by atoms with Gasteiger partial charge in [0.2, 0.25) is 5.91 Å². The Morgan fingerprint density at radius 2 is 2.12 bits per heavy atom. The van der Waals surface area contributed by atoms with Gasteiger partial charge in [0.05, 0.1) is 17.6 Å². The minimum Gasteiger partial charge on any atom is -0.390 e. The first kappa shape index (κ1) is 18.1. The lowest BCUT2D eigenvalue weighted by molar-refractivity contribution is -0.132. The number of β-amino-alcohol motifs (C(OH)–C–C–N with tert-alkyl or cyclic N) is 1. The van der Waals surface area contributed by atoms with Crippen molar-refractivity contribution in [1.82, 2.24) is 9.80 Å². The molecule has 1 unspecified atom stereocenters. The molecule has 0 aromatic carbocycles. The van der Waals surface area contributed by atoms with E-state index in [0.717, 1.165) is 32.1 Å². The zero-order valence-corrected chi connectivity index (χ0v) is 15.2. The molecule has 1 amide bonds. The molecule has 3 N–H and O–H groups in total. The Hall–Kier alpha value is -0.700. The highest BCUT2D eigenvalue weighted by atomic mass is 32.2. The number of aliphatic hydroxyl groups is 1. The number of carbonyl (C=O) groups excluding carboxylic acids is 1. The van der Waals surface area contributed by atoms with Crippen molar-refractivity contribution >= 4 is 15.7 Å². The van der Waals surface area contributed by atoms with Crippen LogP contribution in [-0.2, 0) is 14.6 Å². The summed E-state index contributed by atoms with van der Waals surface area (Å²) >= 11 is 0. The lowest BCUT2D eigenvalue weighted by Gasteiger charge is -2.44. The molecular weight excluding hydrogens is 330 g/mol. The van der Waals surface area contributed by atoms with Crippen LogP contribution in [0.3, 0.4) is 0 Å². The second-order valence-electron chi connectivity index (χ2n) is 7.78. The molecule has 3 fully saturated rings. The number of amides is 1. The summed E-state index contributed by atoms with van der Waals surface area (Å²) in [4.78, 5) is 16.1. The topological polar surface area (TPSA) is 104 Å². The summed E-state index contributed by atoms with van der Waals surface area (Å²) < 4.78 is 23.2. The van der Waals surface area contributed by atoms with Crippen LogP contribution in [0.15, 0.2) is 0 Å². The lowest BCUT2D eigenvalue weighted by Crippen LogP contribution is -2.60. The van der Waals surface area contributed by atoms with Gasteiger partial charge >= 0.3 is 0 Å². The molecule has 138 valence electrons. The molecular formula is C16H29N3O4S. The van der Waals surface area contributed by atoms with Crippen molar-refractivity contribution in [2.45, 2.75) is 62.3 Å². The molecule has 3 aliphatic heterocycles. The van der Waals surface area contributed by atoms with E-state index in [1.54, 1.807) is 0 Å². The third-order valence-electron chi connectivity index (χ3n) is 6.21. The molecule has 0 spiro atoms. The number of nitrogens with two attached hydrogens (primary N) is 1. The van der Waals surface area contributed by atoms with Gasteiger partial charge in [-0.2, -0.15) is 0 Å². The van der Waals surface area contributed by atoms with E-state index in [-0.39, 0.29) is 23.5 Å². The predicted molar refractivity (Wildman–Crippen MR) is 91.2 cm³/mol. The summed E-state index contributed by atoms with van der Waals surface area (Å²) in [5.74, 6) is 0.136. The molecule has 3 aliphatic rings. The van der Waals surface area contributed by atoms with Gasteiger partial charge in [-0.25, -0.2) is 8.42 Å². The van der Waals surface area contributed by atoms with E-state index in [9.17, 15) is 18.3 Å². The summed E-state index contributed by atoms with van der Waals surface area (Å²) in [5, 5.41) is 10.5. The van der Waals surface area contributed by atoms with Crippen molar-refractivity contribution in [2.75, 3.05) is 31.6 Å². The number of hydrogen-bond acceptors (Lipinski definition) is 6. The summed E-state index contributed by atoms with van der Waals surface area (Å²) in [5.41, 5.74) is 5.11. The van der Waals surface area contributed by atoms with Crippen molar-refractivity contribution in [3.63, 3.8) is 0 Å². The van der Waals surface area contributed by atoms with Gasteiger partial charge in [0, 0.05) is 25.2 Å². The number of aliphatic hydroxyl groups excluding tert-OH is 1. The van der Waals surface area contributed by atoms with Gasteiger partial charge in [-0.05, 0) is 45.6 Å². The van der Waals surface area contributed by atoms with E-state index in [0.29, 0.717) is 25.6 Å². The average Bonchev–Trinajstić information content (AvgIpc) is 2.93. The van der Waals surface area contributed by atoms with Gasteiger partial charge in [-0.1, -0.05) is 0 Å². The fraction of sp³-hybridized carbons (Fsp3) is 0.938. The number of rotatable bonds is 6. The maximum Gasteiger partial charge on any atom is 0.237 e. The first-order valence-corrected chi connectivity index (χ1v) is 10.7. The molecule has 8 heteroatoms. The Balaban J connectivity index is 1.60. The van der Waals surface area contributed by atoms with Crippen LogP contribution in [0.2, 0.25) is 0 Å². The summed E-state index contributed by atoms with van der Waals surface area (Å²) in [7, 11) is -1.06. The van der Waals surface area contributed by atoms with Crippen molar-refractivity contribution < 1.29 is 18.3 Å². The van der Waals surface area contributed by atoms with Crippen LogP contribution < -0.4 is 5.73 Å². The van der Waals surface area contributed by atoms with E-state index >= 15 is 0 Å². The molecule has 0 aliphatic carbocycles. The van der Waals surface area contributed by atoms with Crippen LogP contribution in [0.5, 0.6) is 0 Å². The number of sulfone groups is 1. The second kappa shape index (κ2) is 6.55. The Kier molecular flexibility index (Phi) is 4.94. The monoisotopic (exact) mass is 359 g/mol. The molecule has 7 nitrogen and oxygen atoms in total. The Morgan fingerprint density at radius 1 is 1.38 bits per heavy atom. The van der Waals surface area contributed by atoms with Gasteiger partial charge in [0.15, 0.2) is 9.84 Å². The number of hydrogen-bond donors (Lipinski definition) is 2. The highest BCUT2D eigenvalue weighted by molar-refractivity contribution is 7.91. The second-order valence-corrected chi connectivity index (χ2v) is 10.0. The molecule has 3 heterocycles. The van der Waals surface area contributed by atoms with Crippen molar-refractivity contribution in [2.24, 2.45) is 5.73 Å². The molecule has 0 radical (unpaired) electrons. The van der Waals surface area contributed by atoms with Crippen LogP contribution in [0.4, 0.5) is 0 Å². The van der Waals surface area contributed by atoms with Crippen LogP contribution >= 0.6 is 0 Å². The molecule has 2 bridgehead atoms. The van der Waals surface area contributed by atoms with Crippen molar-refractivity contribution in [3.8, 4) is 0 Å². The molecule has 0 aromatic heterocycles. The minimum absolute atomic E-state index is 0.0205. The van der Waals surface area contributed by atoms with Gasteiger partial charge in [0.25, 0.3) is 0 Å². The highest BCUT2D eigenvalue weighted by Crippen LogP contribution is 2.43. The van der Waals surface area contributed by atoms with E-state index < -0.39 is 21.5 Å². The molecule has 0 aromatic rings. The van der Waals surface area contributed by atoms with Gasteiger partial charge < -0.3 is 10.8 Å². The third kappa shape index (κ3) is 3.34. The summed E-state index contributed by atoms with van der Waals surface area (Å²) in [6, 6.07) is 0.311. The Bertz CT molecular complexity index is 592. The van der Waals surface area contributed by atoms with Crippen LogP contribution in [0, 0.1) is 0 Å². The standard InChI is InChI=1S/C16H29N3O4S/c1-18(13-5-8-24(22,23)11-13)9-14(20)10-19-12-3-2-6-16(19,7-4-12)15(17)21/h12-14,20H,2-11H2,1H3,(H2,17,21)/t12-,13-,14?,16+/m1/s1. The van der Waals surface area contributed by atoms with Crippen molar-refractivity contribution in [1.29, 1.82) is 0 Å². The molecule has 3 rings (SSSR count). The fourth-order valence-corrected chi connectivity index (χ4v) is 6.66. The number of fused-ring (bicyclic) bond motifs is 2. The summed E-state index contributed by atoms with van der Waals surface area (Å²) in [6.45, 7) is 0.843. The van der Waals surface area contributed by atoms with Crippen LogP contribution in [0.1, 0.15) is 38.5 Å². The van der Waals surface area contributed by atoms with Crippen molar-refractivity contribution in [3.05, 3.63) is 0 Å². The number of likely N-dealkylation sites (N-methyl/N-ethyl adjacent to an activating group) is 1. The quantitative estimate of drug-likeness (QED) is 0.652. The van der Waals surface area contributed by atoms with Gasteiger partial charge in [-0.15, -0.1) is 0 Å². The first-order valence-electron chi connectivity index (χ1n) is 8.89. The van der Waals surface area contributed by atoms with Gasteiger partial charge in [-0.3, -0.25) is 14.6 Å². The minimum atomic E-state index is -2.93. The fourth-order valence-electron chi connectivity index (χ4n) is 4.85. The normalized spacial score (nSPS) is 37.0. The first-order chi connectivity index (χ1) is 11.2. The average molecular weight is 359 g/mol. The van der Waals surface area contributed by atoms with E-state index in [4.69, 9.17) is 5.73 Å². The Morgan fingerprint density at radius 3 is 2.75 bits per heavy atom. The zero-order valence-electron chi connectivity index (χ0n) is 14.4. The molecule has 3 saturated heterocycles. The number of nitrogens with zero attached hydrogens (tertiary/aromatic N) is 2. The highest BCUT2D eigenvalue weighted by Gasteiger charge is 2.52. The largest absolute Gasteiger partial charge is 0.390 e. The predicted octanol–water partition coefficient (Wildman–Crippen LogP) is -0.661.